The standard InChI is InChI=1S/C2H2O4.Na.Zr.H/c3-1(4)2(5)6;;;/h(H,3,4)(H,5,6);;;. The molecule has 0 aromatic heterocycles. The van der Waals surface area contributed by atoms with Crippen LogP contribution < -0.4 is 0 Å². The molecule has 0 amide bonds. The second-order valence-corrected chi connectivity index (χ2v) is 0.610. The number of hydrogen-bond acceptors (Lipinski definition) is 2. The van der Waals surface area contributed by atoms with Crippen LogP contribution in [0.2, 0.25) is 0 Å². The van der Waals surface area contributed by atoms with Crippen molar-refractivity contribution >= 4 is 41.5 Å². The molecule has 0 radical (unpaired) electrons. The molecule has 0 spiro atoms. The van der Waals surface area contributed by atoms with Gasteiger partial charge in [-0.1, -0.05) is 0 Å². The molecule has 0 saturated heterocycles. The van der Waals surface area contributed by atoms with Crippen LogP contribution in [0.25, 0.3) is 0 Å². The van der Waals surface area contributed by atoms with Crippen LogP contribution >= 0.6 is 0 Å². The van der Waals surface area contributed by atoms with Gasteiger partial charge in [-0.15, -0.1) is 0 Å². The Morgan fingerprint density at radius 2 is 1.12 bits per heavy atom. The van der Waals surface area contributed by atoms with Gasteiger partial charge in [-0.3, -0.25) is 0 Å². The van der Waals surface area contributed by atoms with Crippen LogP contribution in [0.1, 0.15) is 0 Å². The predicted octanol–water partition coefficient (Wildman–Crippen LogP) is -1.50. The van der Waals surface area contributed by atoms with Gasteiger partial charge in [0.25, 0.3) is 0 Å². The third kappa shape index (κ3) is 9.95. The molecular formula is C2H3NaO4Zr. The maximum absolute atomic E-state index is 9.10. The Morgan fingerprint density at radius 3 is 1.12 bits per heavy atom. The number of aliphatic carboxylic acids is 2. The average Bonchev–Trinajstić information content (AvgIpc) is 1.36. The van der Waals surface area contributed by atoms with E-state index in [1.165, 1.54) is 0 Å². The van der Waals surface area contributed by atoms with Crippen LogP contribution in [0.15, 0.2) is 0 Å². The zero-order valence-corrected chi connectivity index (χ0v) is 5.67. The van der Waals surface area contributed by atoms with E-state index in [1.54, 1.807) is 0 Å². The summed E-state index contributed by atoms with van der Waals surface area (Å²) in [4.78, 5) is 18.2. The van der Waals surface area contributed by atoms with Gasteiger partial charge < -0.3 is 10.2 Å². The topological polar surface area (TPSA) is 74.6 Å². The van der Waals surface area contributed by atoms with Crippen molar-refractivity contribution in [3.63, 3.8) is 0 Å². The van der Waals surface area contributed by atoms with Crippen molar-refractivity contribution < 1.29 is 46.0 Å². The maximum Gasteiger partial charge on any atom is 0 e. The normalized spacial score (nSPS) is 5.50. The van der Waals surface area contributed by atoms with Gasteiger partial charge in [-0.25, -0.2) is 9.59 Å². The van der Waals surface area contributed by atoms with Gasteiger partial charge in [0.05, 0.1) is 0 Å². The number of hydrogen-bond donors (Lipinski definition) is 2. The summed E-state index contributed by atoms with van der Waals surface area (Å²) in [5.74, 6) is -3.65. The number of carboxylic acid groups (broad SMARTS) is 2. The molecule has 0 aliphatic rings. The van der Waals surface area contributed by atoms with Gasteiger partial charge in [-0.05, 0) is 0 Å². The fourth-order valence-electron chi connectivity index (χ4n) is 0. The summed E-state index contributed by atoms with van der Waals surface area (Å²) < 4.78 is 0. The van der Waals surface area contributed by atoms with Crippen molar-refractivity contribution in [1.29, 1.82) is 0 Å². The monoisotopic (exact) mass is 204 g/mol. The molecule has 0 aromatic rings. The third-order valence-corrected chi connectivity index (χ3v) is 0.183. The zero-order chi connectivity index (χ0) is 5.15. The van der Waals surface area contributed by atoms with E-state index in [0.717, 1.165) is 0 Å². The molecule has 0 bridgehead atoms. The molecule has 0 fully saturated rings. The number of rotatable bonds is 0. The summed E-state index contributed by atoms with van der Waals surface area (Å²) in [6.45, 7) is 0. The van der Waals surface area contributed by atoms with Gasteiger partial charge >= 0.3 is 41.5 Å². The van der Waals surface area contributed by atoms with Gasteiger partial charge in [0.1, 0.15) is 0 Å². The zero-order valence-electron chi connectivity index (χ0n) is 3.21. The molecule has 40 valence electrons. The van der Waals surface area contributed by atoms with Crippen LogP contribution in [-0.4, -0.2) is 51.7 Å². The van der Waals surface area contributed by atoms with Crippen molar-refractivity contribution in [3.05, 3.63) is 0 Å². The van der Waals surface area contributed by atoms with E-state index >= 15 is 0 Å². The second kappa shape index (κ2) is 7.82. The van der Waals surface area contributed by atoms with Crippen LogP contribution in [0.4, 0.5) is 0 Å². The van der Waals surface area contributed by atoms with Crippen LogP contribution in [0.3, 0.4) is 0 Å². The predicted molar refractivity (Wildman–Crippen MR) is 22.4 cm³/mol. The summed E-state index contributed by atoms with van der Waals surface area (Å²) in [7, 11) is 0. The Labute approximate surface area is 86.7 Å². The van der Waals surface area contributed by atoms with Gasteiger partial charge in [0.2, 0.25) is 0 Å². The van der Waals surface area contributed by atoms with Gasteiger partial charge in [0, 0.05) is 26.2 Å². The summed E-state index contributed by atoms with van der Waals surface area (Å²) in [5, 5.41) is 14.8. The molecule has 0 heterocycles. The molecule has 0 unspecified atom stereocenters. The van der Waals surface area contributed by atoms with E-state index in [4.69, 9.17) is 19.8 Å². The van der Waals surface area contributed by atoms with Crippen molar-refractivity contribution in [3.8, 4) is 0 Å². The first kappa shape index (κ1) is 15.9. The molecule has 0 atom stereocenters. The Hall–Kier alpha value is 0.823. The molecule has 6 heteroatoms. The summed E-state index contributed by atoms with van der Waals surface area (Å²) in [6, 6.07) is 0. The summed E-state index contributed by atoms with van der Waals surface area (Å²) in [6.07, 6.45) is 0. The number of carboxylic acids is 2. The fourth-order valence-corrected chi connectivity index (χ4v) is 0. The Morgan fingerprint density at radius 1 is 1.00 bits per heavy atom. The Bertz CT molecular complexity index is 80.0. The SMILES string of the molecule is O=C(O)C(=O)O.[NaH].[Zr]. The van der Waals surface area contributed by atoms with Crippen LogP contribution in [0, 0.1) is 0 Å². The minimum Gasteiger partial charge on any atom is 0 e. The first-order valence-corrected chi connectivity index (χ1v) is 1.11. The molecule has 0 aromatic carbocycles. The molecule has 2 N–H and O–H groups in total. The first-order chi connectivity index (χ1) is 2.64. The maximum atomic E-state index is 9.10. The average molecular weight is 205 g/mol. The van der Waals surface area contributed by atoms with Crippen molar-refractivity contribution in [1.82, 2.24) is 0 Å². The number of carbonyl (C=O) groups is 2. The molecule has 0 rings (SSSR count). The van der Waals surface area contributed by atoms with E-state index in [2.05, 4.69) is 0 Å². The molecule has 0 aliphatic carbocycles. The second-order valence-electron chi connectivity index (χ2n) is 0.610. The third-order valence-electron chi connectivity index (χ3n) is 0.183. The Balaban J connectivity index is -0.000000125. The largest absolute Gasteiger partial charge is 0 e. The van der Waals surface area contributed by atoms with Crippen LogP contribution in [-0.2, 0) is 35.8 Å². The van der Waals surface area contributed by atoms with Crippen molar-refractivity contribution in [2.24, 2.45) is 0 Å². The van der Waals surface area contributed by atoms with E-state index < -0.39 is 11.9 Å². The van der Waals surface area contributed by atoms with Crippen molar-refractivity contribution in [2.75, 3.05) is 0 Å². The molecular weight excluding hydrogens is 202 g/mol. The van der Waals surface area contributed by atoms with E-state index in [1.807, 2.05) is 0 Å². The van der Waals surface area contributed by atoms with E-state index in [-0.39, 0.29) is 55.8 Å². The van der Waals surface area contributed by atoms with E-state index in [9.17, 15) is 0 Å². The smallest absolute Gasteiger partial charge is 0 e. The van der Waals surface area contributed by atoms with Gasteiger partial charge in [-0.2, -0.15) is 0 Å². The molecule has 8 heavy (non-hydrogen) atoms. The Kier molecular flexibility index (Phi) is 15.6. The summed E-state index contributed by atoms with van der Waals surface area (Å²) >= 11 is 0. The fraction of sp³-hybridized carbons (Fsp3) is 0. The minimum absolute atomic E-state index is 0. The van der Waals surface area contributed by atoms with Gasteiger partial charge in [0.15, 0.2) is 0 Å². The molecule has 0 aliphatic heterocycles. The van der Waals surface area contributed by atoms with Crippen LogP contribution in [0.5, 0.6) is 0 Å². The molecule has 0 saturated carbocycles. The summed E-state index contributed by atoms with van der Waals surface area (Å²) in [5.41, 5.74) is 0. The quantitative estimate of drug-likeness (QED) is 0.373. The van der Waals surface area contributed by atoms with E-state index in [0.29, 0.717) is 0 Å². The first-order valence-electron chi connectivity index (χ1n) is 1.11. The van der Waals surface area contributed by atoms with Crippen molar-refractivity contribution in [2.45, 2.75) is 0 Å². The minimum atomic E-state index is -1.82. The molecule has 4 nitrogen and oxygen atoms in total.